The zero-order valence-electron chi connectivity index (χ0n) is 25.8. The van der Waals surface area contributed by atoms with Crippen LogP contribution in [0.25, 0.3) is 10.9 Å². The Morgan fingerprint density at radius 1 is 1.22 bits per heavy atom. The molecular formula is C34H39BrN4O6. The number of likely N-dealkylation sites (N-methyl/N-ethyl adjacent to an activating group) is 1. The molecule has 1 spiro atoms. The number of nitrogens with one attached hydrogen (secondary N) is 2. The minimum Gasteiger partial charge on any atom is -0.495 e. The van der Waals surface area contributed by atoms with Gasteiger partial charge in [-0.2, -0.15) is 0 Å². The molecule has 0 bridgehead atoms. The summed E-state index contributed by atoms with van der Waals surface area (Å²) in [7, 11) is 4.74. The van der Waals surface area contributed by atoms with Crippen LogP contribution in [0.5, 0.6) is 5.75 Å². The average Bonchev–Trinajstić information content (AvgIpc) is 3.72. The molecule has 1 aliphatic carbocycles. The summed E-state index contributed by atoms with van der Waals surface area (Å²) in [5.41, 5.74) is -0.363. The summed E-state index contributed by atoms with van der Waals surface area (Å²) in [6.07, 6.45) is 5.72. The van der Waals surface area contributed by atoms with Gasteiger partial charge < -0.3 is 34.9 Å². The number of aliphatic hydroxyl groups is 2. The maximum absolute atomic E-state index is 14.8. The van der Waals surface area contributed by atoms with Gasteiger partial charge in [0.2, 0.25) is 0 Å². The van der Waals surface area contributed by atoms with E-state index in [-0.39, 0.29) is 12.5 Å². The molecule has 1 aromatic heterocycles. The van der Waals surface area contributed by atoms with Crippen LogP contribution in [0.4, 0.5) is 5.69 Å². The van der Waals surface area contributed by atoms with Gasteiger partial charge in [-0.25, -0.2) is 4.79 Å². The molecule has 0 unspecified atom stereocenters. The first kappa shape index (κ1) is 30.3. The molecule has 2 aromatic carbocycles. The van der Waals surface area contributed by atoms with Crippen molar-refractivity contribution in [3.05, 3.63) is 70.3 Å². The fraction of sp³-hybridized carbons (Fsp3) is 0.471. The second-order valence-electron chi connectivity index (χ2n) is 12.9. The van der Waals surface area contributed by atoms with Gasteiger partial charge in [-0.1, -0.05) is 37.3 Å². The molecule has 0 radical (unpaired) electrons. The number of aliphatic hydroxyl groups excluding tert-OH is 1. The highest BCUT2D eigenvalue weighted by atomic mass is 79.9. The van der Waals surface area contributed by atoms with Gasteiger partial charge in [-0.15, -0.1) is 0 Å². The molecule has 10 nitrogen and oxygen atoms in total. The summed E-state index contributed by atoms with van der Waals surface area (Å²) in [4.78, 5) is 35.5. The number of esters is 1. The number of hydrogen-bond acceptors (Lipinski definition) is 8. The second kappa shape index (κ2) is 10.6. The van der Waals surface area contributed by atoms with Gasteiger partial charge >= 0.3 is 5.97 Å². The van der Waals surface area contributed by atoms with E-state index in [1.165, 1.54) is 7.11 Å². The number of methoxy groups -OCH3 is 2. The van der Waals surface area contributed by atoms with Crippen molar-refractivity contribution in [3.8, 4) is 5.75 Å². The van der Waals surface area contributed by atoms with Crippen LogP contribution in [0.2, 0.25) is 0 Å². The topological polar surface area (TPSA) is 127 Å². The van der Waals surface area contributed by atoms with E-state index in [1.807, 2.05) is 67.6 Å². The van der Waals surface area contributed by atoms with Gasteiger partial charge in [0.05, 0.1) is 24.7 Å². The Hall–Kier alpha value is -3.38. The van der Waals surface area contributed by atoms with Crippen LogP contribution in [0, 0.1) is 5.41 Å². The molecule has 7 atom stereocenters. The van der Waals surface area contributed by atoms with E-state index >= 15 is 0 Å². The molecule has 1 saturated heterocycles. The van der Waals surface area contributed by atoms with E-state index in [0.29, 0.717) is 18.6 Å². The molecule has 238 valence electrons. The largest absolute Gasteiger partial charge is 0.495 e. The molecule has 3 aromatic rings. The Morgan fingerprint density at radius 3 is 2.73 bits per heavy atom. The predicted octanol–water partition coefficient (Wildman–Crippen LogP) is 3.04. The lowest BCUT2D eigenvalue weighted by molar-refractivity contribution is -0.204. The lowest BCUT2D eigenvalue weighted by atomic mass is 9.47. The van der Waals surface area contributed by atoms with Crippen LogP contribution in [0.1, 0.15) is 30.9 Å². The summed E-state index contributed by atoms with van der Waals surface area (Å²) in [5, 5.41) is 29.2. The van der Waals surface area contributed by atoms with Crippen LogP contribution in [0.3, 0.4) is 0 Å². The number of aromatic nitrogens is 1. The first-order chi connectivity index (χ1) is 21.6. The number of amides is 1. The number of para-hydroxylation sites is 1. The first-order valence-electron chi connectivity index (χ1n) is 15.4. The molecule has 2 fully saturated rings. The number of hydrogen-bond donors (Lipinski definition) is 4. The van der Waals surface area contributed by atoms with E-state index in [4.69, 9.17) is 9.47 Å². The lowest BCUT2D eigenvalue weighted by Gasteiger charge is -2.63. The molecular weight excluding hydrogens is 640 g/mol. The van der Waals surface area contributed by atoms with E-state index in [9.17, 15) is 19.8 Å². The summed E-state index contributed by atoms with van der Waals surface area (Å²) < 4.78 is 11.6. The molecule has 3 aliphatic heterocycles. The molecule has 4 N–H and O–H groups in total. The predicted molar refractivity (Wildman–Crippen MR) is 173 cm³/mol. The Kier molecular flexibility index (Phi) is 7.12. The molecule has 45 heavy (non-hydrogen) atoms. The van der Waals surface area contributed by atoms with Gasteiger partial charge in [0.25, 0.3) is 5.91 Å². The standard InChI is InChI=1S/C34H39BrN4O6/c1-5-32-11-8-13-39-14-12-33(28(32)39)21-16-22(35)26(44-3)17-25(21)38(2)29(33)34(43,30(32)41)31(42)37-24(27(40)45-4)15-19-18-36-23-10-7-6-9-20(19)23/h6-11,16-18,24,28-30,36,41,43H,5,12-15H2,1-4H3,(H,37,42)/t24-,28+,29-,30-,32-,33-,34+/m1/s1. The summed E-state index contributed by atoms with van der Waals surface area (Å²) in [6.45, 7) is 3.48. The maximum Gasteiger partial charge on any atom is 0.328 e. The number of fused-ring (bicyclic) bond motifs is 2. The third-order valence-electron chi connectivity index (χ3n) is 11.2. The highest BCUT2D eigenvalue weighted by Crippen LogP contribution is 2.67. The Labute approximate surface area is 270 Å². The number of carbonyl (C=O) groups is 2. The Morgan fingerprint density at radius 2 is 2.00 bits per heavy atom. The number of nitrogens with zero attached hydrogens (tertiary/aromatic N) is 2. The zero-order valence-corrected chi connectivity index (χ0v) is 27.4. The Balaban J connectivity index is 1.36. The van der Waals surface area contributed by atoms with Crippen molar-refractivity contribution in [2.24, 2.45) is 5.41 Å². The lowest BCUT2D eigenvalue weighted by Crippen LogP contribution is -2.82. The Bertz CT molecular complexity index is 1730. The van der Waals surface area contributed by atoms with Crippen LogP contribution in [-0.2, 0) is 26.2 Å². The van der Waals surface area contributed by atoms with Crippen LogP contribution >= 0.6 is 15.9 Å². The van der Waals surface area contributed by atoms with Gasteiger partial charge in [0.1, 0.15) is 17.9 Å². The number of aromatic amines is 1. The third-order valence-corrected chi connectivity index (χ3v) is 11.8. The van der Waals surface area contributed by atoms with Gasteiger partial charge in [0, 0.05) is 65.7 Å². The van der Waals surface area contributed by atoms with Crippen molar-refractivity contribution >= 4 is 44.4 Å². The van der Waals surface area contributed by atoms with Crippen LogP contribution in [0.15, 0.2) is 59.2 Å². The fourth-order valence-electron chi connectivity index (χ4n) is 9.37. The second-order valence-corrected chi connectivity index (χ2v) is 13.8. The van der Waals surface area contributed by atoms with Gasteiger partial charge in [0.15, 0.2) is 5.60 Å². The third kappa shape index (κ3) is 3.90. The van der Waals surface area contributed by atoms with Crippen molar-refractivity contribution in [1.29, 1.82) is 0 Å². The summed E-state index contributed by atoms with van der Waals surface area (Å²) in [6, 6.07) is 9.60. The van der Waals surface area contributed by atoms with E-state index in [2.05, 4.69) is 37.2 Å². The number of H-pyrrole nitrogens is 1. The van der Waals surface area contributed by atoms with Gasteiger partial charge in [-0.3, -0.25) is 9.69 Å². The van der Waals surface area contributed by atoms with Crippen molar-refractivity contribution in [2.45, 2.75) is 61.4 Å². The highest BCUT2D eigenvalue weighted by Gasteiger charge is 2.78. The minimum absolute atomic E-state index is 0.139. The number of carbonyl (C=O) groups excluding carboxylic acids is 2. The quantitative estimate of drug-likeness (QED) is 0.222. The van der Waals surface area contributed by atoms with Crippen molar-refractivity contribution in [3.63, 3.8) is 0 Å². The summed E-state index contributed by atoms with van der Waals surface area (Å²) >= 11 is 3.69. The number of anilines is 1. The molecule has 4 aliphatic rings. The summed E-state index contributed by atoms with van der Waals surface area (Å²) in [5.74, 6) is -0.806. The normalized spacial score (nSPS) is 32.2. The van der Waals surface area contributed by atoms with E-state index < -0.39 is 46.5 Å². The maximum atomic E-state index is 14.8. The minimum atomic E-state index is -2.30. The van der Waals surface area contributed by atoms with Gasteiger partial charge in [-0.05, 0) is 58.6 Å². The average molecular weight is 680 g/mol. The van der Waals surface area contributed by atoms with E-state index in [0.717, 1.165) is 45.3 Å². The zero-order chi connectivity index (χ0) is 31.9. The molecule has 7 rings (SSSR count). The van der Waals surface area contributed by atoms with E-state index in [1.54, 1.807) is 7.11 Å². The van der Waals surface area contributed by atoms with Crippen molar-refractivity contribution in [2.75, 3.05) is 39.3 Å². The number of rotatable bonds is 7. The SMILES string of the molecule is CC[C@]12C=CCN3CC[C@@]4(c5cc(Br)c(OC)cc5N(C)[C@H]4[C@@](O)(C(=O)N[C@H](Cc4c[nH]c5ccccc45)C(=O)OC)[C@@H]1O)[C@@H]32. The van der Waals surface area contributed by atoms with Crippen molar-refractivity contribution in [1.82, 2.24) is 15.2 Å². The molecule has 1 saturated carbocycles. The fourth-order valence-corrected chi connectivity index (χ4v) is 9.87. The highest BCUT2D eigenvalue weighted by molar-refractivity contribution is 9.10. The van der Waals surface area contributed by atoms with Crippen LogP contribution in [-0.4, -0.2) is 96.2 Å². The van der Waals surface area contributed by atoms with Crippen molar-refractivity contribution < 1.29 is 29.3 Å². The number of ether oxygens (including phenoxy) is 2. The molecule has 11 heteroatoms. The number of halogens is 1. The molecule has 1 amide bonds. The smallest absolute Gasteiger partial charge is 0.328 e. The number of benzene rings is 2. The monoisotopic (exact) mass is 678 g/mol. The van der Waals surface area contributed by atoms with Crippen LogP contribution < -0.4 is 15.0 Å². The first-order valence-corrected chi connectivity index (χ1v) is 16.2. The molecule has 4 heterocycles.